The van der Waals surface area contributed by atoms with Crippen molar-refractivity contribution in [3.05, 3.63) is 82.5 Å². The van der Waals surface area contributed by atoms with Crippen molar-refractivity contribution in [2.45, 2.75) is 32.9 Å². The average molecular weight is 496 g/mol. The first-order valence-electron chi connectivity index (χ1n) is 11.9. The van der Waals surface area contributed by atoms with E-state index in [1.807, 2.05) is 47.1 Å². The molecule has 1 fully saturated rings. The maximum atomic E-state index is 12.7. The smallest absolute Gasteiger partial charge is 0.253 e. The molecule has 1 aliphatic heterocycles. The van der Waals surface area contributed by atoms with Crippen LogP contribution in [0.3, 0.4) is 0 Å². The number of piperazine rings is 1. The van der Waals surface area contributed by atoms with Crippen LogP contribution in [0.1, 0.15) is 41.0 Å². The Bertz CT molecular complexity index is 1110. The van der Waals surface area contributed by atoms with Gasteiger partial charge in [-0.25, -0.2) is 0 Å². The van der Waals surface area contributed by atoms with E-state index in [2.05, 4.69) is 15.0 Å². The Morgan fingerprint density at radius 3 is 2.43 bits per heavy atom. The van der Waals surface area contributed by atoms with Crippen LogP contribution < -0.4 is 0 Å². The summed E-state index contributed by atoms with van der Waals surface area (Å²) >= 11 is 5.92. The molecule has 0 N–H and O–H groups in total. The van der Waals surface area contributed by atoms with Crippen LogP contribution in [0, 0.1) is 0 Å². The fraction of sp³-hybridized carbons (Fsp3) is 0.385. The number of halogens is 1. The first-order chi connectivity index (χ1) is 17.0. The quantitative estimate of drug-likeness (QED) is 0.450. The van der Waals surface area contributed by atoms with Crippen molar-refractivity contribution in [3.8, 4) is 0 Å². The number of hydrogen-bond donors (Lipinski definition) is 0. The van der Waals surface area contributed by atoms with E-state index in [1.165, 1.54) is 0 Å². The van der Waals surface area contributed by atoms with Crippen molar-refractivity contribution in [2.24, 2.45) is 0 Å². The van der Waals surface area contributed by atoms with E-state index < -0.39 is 0 Å². The van der Waals surface area contributed by atoms with Crippen molar-refractivity contribution in [1.29, 1.82) is 0 Å². The zero-order chi connectivity index (χ0) is 24.6. The molecular weight excluding hydrogens is 466 g/mol. The summed E-state index contributed by atoms with van der Waals surface area (Å²) in [7, 11) is 0. The third-order valence-electron chi connectivity index (χ3n) is 6.13. The van der Waals surface area contributed by atoms with Crippen LogP contribution >= 0.6 is 11.6 Å². The SMILES string of the molecule is CCN(Cc1ccccc1)C(=O)CCc1nc(CN2CCN(C(=O)c3ccc(Cl)cc3)CC2)no1. The Morgan fingerprint density at radius 2 is 1.74 bits per heavy atom. The molecule has 4 rings (SSSR count). The molecule has 0 saturated carbocycles. The molecule has 1 aromatic heterocycles. The van der Waals surface area contributed by atoms with Gasteiger partial charge in [0.05, 0.1) is 6.54 Å². The normalized spacial score (nSPS) is 14.2. The van der Waals surface area contributed by atoms with E-state index in [-0.39, 0.29) is 11.8 Å². The number of aryl methyl sites for hydroxylation is 1. The number of carbonyl (C=O) groups is 2. The Morgan fingerprint density at radius 1 is 1.03 bits per heavy atom. The third kappa shape index (κ3) is 6.90. The lowest BCUT2D eigenvalue weighted by Crippen LogP contribution is -2.48. The predicted molar refractivity (Wildman–Crippen MR) is 133 cm³/mol. The summed E-state index contributed by atoms with van der Waals surface area (Å²) in [5.74, 6) is 1.15. The zero-order valence-corrected chi connectivity index (χ0v) is 20.7. The van der Waals surface area contributed by atoms with Gasteiger partial charge in [0.25, 0.3) is 5.91 Å². The molecule has 0 unspecified atom stereocenters. The second-order valence-electron chi connectivity index (χ2n) is 8.57. The van der Waals surface area contributed by atoms with Gasteiger partial charge in [0.1, 0.15) is 0 Å². The van der Waals surface area contributed by atoms with E-state index in [1.54, 1.807) is 24.3 Å². The molecule has 0 aliphatic carbocycles. The second-order valence-corrected chi connectivity index (χ2v) is 9.01. The fourth-order valence-electron chi connectivity index (χ4n) is 4.09. The van der Waals surface area contributed by atoms with E-state index >= 15 is 0 Å². The standard InChI is InChI=1S/C26H30ClN5O3/c1-2-31(18-20-6-4-3-5-7-20)25(33)13-12-24-28-23(29-35-24)19-30-14-16-32(17-15-30)26(34)21-8-10-22(27)11-9-21/h3-11H,2,12-19H2,1H3. The molecule has 9 heteroatoms. The number of amides is 2. The molecule has 0 spiro atoms. The summed E-state index contributed by atoms with van der Waals surface area (Å²) in [6, 6.07) is 16.9. The van der Waals surface area contributed by atoms with Crippen LogP contribution in [0.15, 0.2) is 59.1 Å². The maximum absolute atomic E-state index is 12.7. The highest BCUT2D eigenvalue weighted by molar-refractivity contribution is 6.30. The van der Waals surface area contributed by atoms with E-state index in [0.717, 1.165) is 18.7 Å². The minimum atomic E-state index is 0.0150. The number of carbonyl (C=O) groups excluding carboxylic acids is 2. The van der Waals surface area contributed by atoms with Gasteiger partial charge in [-0.2, -0.15) is 4.98 Å². The highest BCUT2D eigenvalue weighted by Crippen LogP contribution is 2.14. The van der Waals surface area contributed by atoms with Gasteiger partial charge in [-0.05, 0) is 36.8 Å². The van der Waals surface area contributed by atoms with Gasteiger partial charge < -0.3 is 14.3 Å². The molecule has 0 radical (unpaired) electrons. The summed E-state index contributed by atoms with van der Waals surface area (Å²) in [6.07, 6.45) is 0.744. The van der Waals surface area contributed by atoms with Gasteiger partial charge in [-0.1, -0.05) is 47.1 Å². The fourth-order valence-corrected chi connectivity index (χ4v) is 4.22. The van der Waals surface area contributed by atoms with Crippen LogP contribution in [0.2, 0.25) is 5.02 Å². The lowest BCUT2D eigenvalue weighted by atomic mass is 10.2. The van der Waals surface area contributed by atoms with E-state index in [9.17, 15) is 9.59 Å². The molecule has 2 heterocycles. The monoisotopic (exact) mass is 495 g/mol. The number of nitrogens with zero attached hydrogens (tertiary/aromatic N) is 5. The van der Waals surface area contributed by atoms with Gasteiger partial charge in [-0.15, -0.1) is 0 Å². The molecule has 184 valence electrons. The summed E-state index contributed by atoms with van der Waals surface area (Å²) in [5, 5.41) is 4.70. The number of rotatable bonds is 9. The van der Waals surface area contributed by atoms with Gasteiger partial charge in [0, 0.05) is 62.7 Å². The van der Waals surface area contributed by atoms with Crippen LogP contribution in [0.25, 0.3) is 0 Å². The first-order valence-corrected chi connectivity index (χ1v) is 12.3. The number of hydrogen-bond acceptors (Lipinski definition) is 6. The van der Waals surface area contributed by atoms with Gasteiger partial charge in [-0.3, -0.25) is 14.5 Å². The molecule has 2 amide bonds. The van der Waals surface area contributed by atoms with Gasteiger partial charge in [0.15, 0.2) is 5.82 Å². The minimum absolute atomic E-state index is 0.0150. The molecule has 35 heavy (non-hydrogen) atoms. The first kappa shape index (κ1) is 24.9. The van der Waals surface area contributed by atoms with Crippen molar-refractivity contribution >= 4 is 23.4 Å². The Balaban J connectivity index is 1.22. The van der Waals surface area contributed by atoms with E-state index in [4.69, 9.17) is 16.1 Å². The van der Waals surface area contributed by atoms with Crippen LogP contribution in [-0.4, -0.2) is 69.4 Å². The van der Waals surface area contributed by atoms with Crippen LogP contribution in [0.5, 0.6) is 0 Å². The van der Waals surface area contributed by atoms with Crippen LogP contribution in [-0.2, 0) is 24.3 Å². The molecule has 0 bridgehead atoms. The highest BCUT2D eigenvalue weighted by atomic mass is 35.5. The summed E-state index contributed by atoms with van der Waals surface area (Å²) in [6.45, 7) is 6.50. The largest absolute Gasteiger partial charge is 0.339 e. The zero-order valence-electron chi connectivity index (χ0n) is 19.9. The molecule has 1 saturated heterocycles. The van der Waals surface area contributed by atoms with Gasteiger partial charge in [0.2, 0.25) is 11.8 Å². The lowest BCUT2D eigenvalue weighted by molar-refractivity contribution is -0.131. The Kier molecular flexibility index (Phi) is 8.50. The highest BCUT2D eigenvalue weighted by Gasteiger charge is 2.23. The molecule has 1 aliphatic rings. The maximum Gasteiger partial charge on any atom is 0.253 e. The van der Waals surface area contributed by atoms with Gasteiger partial charge >= 0.3 is 0 Å². The molecular formula is C26H30ClN5O3. The molecule has 0 atom stereocenters. The van der Waals surface area contributed by atoms with Crippen LogP contribution in [0.4, 0.5) is 0 Å². The molecule has 3 aromatic rings. The Hall–Kier alpha value is -3.23. The summed E-state index contributed by atoms with van der Waals surface area (Å²) < 4.78 is 5.38. The number of aromatic nitrogens is 2. The topological polar surface area (TPSA) is 82.8 Å². The van der Waals surface area contributed by atoms with E-state index in [0.29, 0.717) is 67.9 Å². The predicted octanol–water partition coefficient (Wildman–Crippen LogP) is 3.66. The average Bonchev–Trinajstić information content (AvgIpc) is 3.34. The van der Waals surface area contributed by atoms with Crippen molar-refractivity contribution in [3.63, 3.8) is 0 Å². The second kappa shape index (κ2) is 12.0. The molecule has 2 aromatic carbocycles. The third-order valence-corrected chi connectivity index (χ3v) is 6.38. The van der Waals surface area contributed by atoms with Crippen molar-refractivity contribution in [2.75, 3.05) is 32.7 Å². The van der Waals surface area contributed by atoms with Crippen molar-refractivity contribution in [1.82, 2.24) is 24.8 Å². The Labute approximate surface area is 210 Å². The number of benzene rings is 2. The lowest BCUT2D eigenvalue weighted by Gasteiger charge is -2.34. The summed E-state index contributed by atoms with van der Waals surface area (Å²) in [4.78, 5) is 35.7. The minimum Gasteiger partial charge on any atom is -0.339 e. The van der Waals surface area contributed by atoms with Crippen molar-refractivity contribution < 1.29 is 14.1 Å². The molecule has 8 nitrogen and oxygen atoms in total. The summed E-state index contributed by atoms with van der Waals surface area (Å²) in [5.41, 5.74) is 1.75.